The van der Waals surface area contributed by atoms with E-state index in [9.17, 15) is 4.79 Å². The van der Waals surface area contributed by atoms with Crippen molar-refractivity contribution in [2.75, 3.05) is 19.6 Å². The van der Waals surface area contributed by atoms with Crippen LogP contribution in [0.1, 0.15) is 43.0 Å². The van der Waals surface area contributed by atoms with Crippen molar-refractivity contribution in [2.24, 2.45) is 0 Å². The van der Waals surface area contributed by atoms with Crippen LogP contribution in [0, 0.1) is 0 Å². The molecule has 110 valence electrons. The first-order valence-corrected chi connectivity index (χ1v) is 8.34. The average Bonchev–Trinajstić information content (AvgIpc) is 2.46. The first-order chi connectivity index (χ1) is 9.66. The third-order valence-electron chi connectivity index (χ3n) is 4.15. The Morgan fingerprint density at radius 2 is 2.10 bits per heavy atom. The summed E-state index contributed by atoms with van der Waals surface area (Å²) in [6, 6.07) is 8.27. The number of hydrogen-bond donors (Lipinski definition) is 2. The largest absolute Gasteiger partial charge is 0.352 e. The molecule has 1 aromatic carbocycles. The van der Waals surface area contributed by atoms with Crippen LogP contribution in [0.25, 0.3) is 0 Å². The fourth-order valence-corrected chi connectivity index (χ4v) is 3.11. The predicted molar refractivity (Wildman–Crippen MR) is 85.1 cm³/mol. The summed E-state index contributed by atoms with van der Waals surface area (Å²) in [4.78, 5) is 13.6. The number of hydrogen-bond acceptors (Lipinski definition) is 1. The molecule has 1 unspecified atom stereocenters. The van der Waals surface area contributed by atoms with E-state index < -0.39 is 0 Å². The SMILES string of the molecule is C[C@@H]1CCCC[NH+]1CCCNC(=O)c1ccc(Br)cc1. The minimum atomic E-state index is 0.0270. The molecule has 1 aliphatic heterocycles. The lowest BCUT2D eigenvalue weighted by atomic mass is 10.0. The number of likely N-dealkylation sites (tertiary alicyclic amines) is 1. The first-order valence-electron chi connectivity index (χ1n) is 7.55. The summed E-state index contributed by atoms with van der Waals surface area (Å²) in [5.41, 5.74) is 0.729. The Labute approximate surface area is 129 Å². The maximum atomic E-state index is 11.9. The highest BCUT2D eigenvalue weighted by Crippen LogP contribution is 2.10. The van der Waals surface area contributed by atoms with E-state index in [4.69, 9.17) is 0 Å². The van der Waals surface area contributed by atoms with Gasteiger partial charge in [-0.3, -0.25) is 4.79 Å². The molecular formula is C16H24BrN2O+. The predicted octanol–water partition coefficient (Wildman–Crippen LogP) is 2.03. The van der Waals surface area contributed by atoms with Crippen molar-refractivity contribution in [3.8, 4) is 0 Å². The van der Waals surface area contributed by atoms with Gasteiger partial charge in [-0.2, -0.15) is 0 Å². The molecule has 2 atom stereocenters. The lowest BCUT2D eigenvalue weighted by Crippen LogP contribution is -3.16. The number of benzene rings is 1. The summed E-state index contributed by atoms with van der Waals surface area (Å²) < 4.78 is 0.997. The summed E-state index contributed by atoms with van der Waals surface area (Å²) in [7, 11) is 0. The smallest absolute Gasteiger partial charge is 0.251 e. The first kappa shape index (κ1) is 15.5. The highest BCUT2D eigenvalue weighted by Gasteiger charge is 2.20. The molecular weight excluding hydrogens is 316 g/mol. The third-order valence-corrected chi connectivity index (χ3v) is 4.68. The van der Waals surface area contributed by atoms with Gasteiger partial charge < -0.3 is 10.2 Å². The zero-order chi connectivity index (χ0) is 14.4. The summed E-state index contributed by atoms with van der Waals surface area (Å²) in [5.74, 6) is 0.0270. The van der Waals surface area contributed by atoms with Crippen LogP contribution in [0.3, 0.4) is 0 Å². The molecule has 20 heavy (non-hydrogen) atoms. The number of piperidine rings is 1. The fraction of sp³-hybridized carbons (Fsp3) is 0.562. The third kappa shape index (κ3) is 4.60. The van der Waals surface area contributed by atoms with Crippen LogP contribution in [0.15, 0.2) is 28.7 Å². The van der Waals surface area contributed by atoms with Crippen molar-refractivity contribution in [3.05, 3.63) is 34.3 Å². The molecule has 0 saturated carbocycles. The molecule has 2 N–H and O–H groups in total. The van der Waals surface area contributed by atoms with Gasteiger partial charge in [-0.15, -0.1) is 0 Å². The van der Waals surface area contributed by atoms with Crippen LogP contribution < -0.4 is 10.2 Å². The number of amides is 1. The number of nitrogens with one attached hydrogen (secondary N) is 2. The summed E-state index contributed by atoms with van der Waals surface area (Å²) in [6.45, 7) is 5.57. The average molecular weight is 340 g/mol. The van der Waals surface area contributed by atoms with Gasteiger partial charge in [-0.1, -0.05) is 15.9 Å². The summed E-state index contributed by atoms with van der Waals surface area (Å²) >= 11 is 3.37. The monoisotopic (exact) mass is 339 g/mol. The van der Waals surface area contributed by atoms with Gasteiger partial charge in [0.2, 0.25) is 0 Å². The van der Waals surface area contributed by atoms with Gasteiger partial charge >= 0.3 is 0 Å². The number of rotatable bonds is 5. The lowest BCUT2D eigenvalue weighted by molar-refractivity contribution is -0.928. The number of carbonyl (C=O) groups excluding carboxylic acids is 1. The van der Waals surface area contributed by atoms with E-state index in [1.165, 1.54) is 32.4 Å². The van der Waals surface area contributed by atoms with Gasteiger partial charge in [0, 0.05) is 23.0 Å². The maximum Gasteiger partial charge on any atom is 0.251 e. The van der Waals surface area contributed by atoms with Crippen LogP contribution in [-0.2, 0) is 0 Å². The van der Waals surface area contributed by atoms with E-state index in [0.29, 0.717) is 0 Å². The molecule has 1 aliphatic rings. The zero-order valence-corrected chi connectivity index (χ0v) is 13.7. The van der Waals surface area contributed by atoms with Crippen molar-refractivity contribution < 1.29 is 9.69 Å². The minimum absolute atomic E-state index is 0.0270. The highest BCUT2D eigenvalue weighted by atomic mass is 79.9. The van der Waals surface area contributed by atoms with Crippen LogP contribution in [0.2, 0.25) is 0 Å². The van der Waals surface area contributed by atoms with Crippen LogP contribution >= 0.6 is 15.9 Å². The molecule has 0 aromatic heterocycles. The second-order valence-electron chi connectivity index (χ2n) is 5.67. The molecule has 1 amide bonds. The van der Waals surface area contributed by atoms with Gasteiger partial charge in [0.1, 0.15) is 0 Å². The standard InChI is InChI=1S/C16H23BrN2O/c1-13-5-2-3-11-19(13)12-4-10-18-16(20)14-6-8-15(17)9-7-14/h6-9,13H,2-5,10-12H2,1H3,(H,18,20)/p+1/t13-/m1/s1. The second kappa shape index (κ2) is 7.79. The van der Waals surface area contributed by atoms with Crippen LogP contribution in [-0.4, -0.2) is 31.6 Å². The van der Waals surface area contributed by atoms with E-state index in [1.807, 2.05) is 24.3 Å². The Kier molecular flexibility index (Phi) is 6.05. The maximum absolute atomic E-state index is 11.9. The van der Waals surface area contributed by atoms with E-state index in [-0.39, 0.29) is 5.91 Å². The number of carbonyl (C=O) groups is 1. The molecule has 1 aromatic rings. The van der Waals surface area contributed by atoms with Crippen molar-refractivity contribution in [2.45, 2.75) is 38.6 Å². The molecule has 4 heteroatoms. The van der Waals surface area contributed by atoms with Crippen molar-refractivity contribution in [3.63, 3.8) is 0 Å². The lowest BCUT2D eigenvalue weighted by Gasteiger charge is -2.30. The molecule has 1 fully saturated rings. The molecule has 0 spiro atoms. The molecule has 0 radical (unpaired) electrons. The number of halogens is 1. The van der Waals surface area contributed by atoms with Gasteiger partial charge in [0.25, 0.3) is 5.91 Å². The van der Waals surface area contributed by atoms with Crippen molar-refractivity contribution in [1.29, 1.82) is 0 Å². The van der Waals surface area contributed by atoms with Gasteiger partial charge in [0.15, 0.2) is 0 Å². The van der Waals surface area contributed by atoms with E-state index in [0.717, 1.165) is 29.0 Å². The molecule has 2 rings (SSSR count). The van der Waals surface area contributed by atoms with Crippen LogP contribution in [0.4, 0.5) is 0 Å². The normalized spacial score (nSPS) is 22.5. The Morgan fingerprint density at radius 1 is 1.35 bits per heavy atom. The minimum Gasteiger partial charge on any atom is -0.352 e. The van der Waals surface area contributed by atoms with E-state index >= 15 is 0 Å². The van der Waals surface area contributed by atoms with Gasteiger partial charge in [-0.05, 0) is 50.5 Å². The van der Waals surface area contributed by atoms with Gasteiger partial charge in [-0.25, -0.2) is 0 Å². The number of quaternary nitrogens is 1. The molecule has 0 bridgehead atoms. The summed E-state index contributed by atoms with van der Waals surface area (Å²) in [6.07, 6.45) is 5.14. The Hall–Kier alpha value is -0.870. The van der Waals surface area contributed by atoms with Crippen molar-refractivity contribution in [1.82, 2.24) is 5.32 Å². The zero-order valence-electron chi connectivity index (χ0n) is 12.1. The molecule has 3 nitrogen and oxygen atoms in total. The quantitative estimate of drug-likeness (QED) is 0.790. The van der Waals surface area contributed by atoms with Crippen LogP contribution in [0.5, 0.6) is 0 Å². The second-order valence-corrected chi connectivity index (χ2v) is 6.59. The molecule has 0 aliphatic carbocycles. The Bertz CT molecular complexity index is 433. The molecule has 1 saturated heterocycles. The molecule has 1 heterocycles. The Morgan fingerprint density at radius 3 is 2.80 bits per heavy atom. The summed E-state index contributed by atoms with van der Waals surface area (Å²) in [5, 5.41) is 3.01. The van der Waals surface area contributed by atoms with Crippen molar-refractivity contribution >= 4 is 21.8 Å². The van der Waals surface area contributed by atoms with Gasteiger partial charge in [0.05, 0.1) is 19.1 Å². The highest BCUT2D eigenvalue weighted by molar-refractivity contribution is 9.10. The van der Waals surface area contributed by atoms with E-state index in [2.05, 4.69) is 28.2 Å². The fourth-order valence-electron chi connectivity index (χ4n) is 2.85. The topological polar surface area (TPSA) is 33.5 Å². The van der Waals surface area contributed by atoms with E-state index in [1.54, 1.807) is 4.90 Å². The Balaban J connectivity index is 1.67.